The molecule has 0 aliphatic rings. The van der Waals surface area contributed by atoms with Gasteiger partial charge in [-0.2, -0.15) is 0 Å². The predicted molar refractivity (Wildman–Crippen MR) is 66.1 cm³/mol. The van der Waals surface area contributed by atoms with E-state index in [0.29, 0.717) is 0 Å². The van der Waals surface area contributed by atoms with E-state index in [-0.39, 0.29) is 21.9 Å². The van der Waals surface area contributed by atoms with Crippen molar-refractivity contribution in [3.05, 3.63) is 33.1 Å². The minimum absolute atomic E-state index is 0.142. The van der Waals surface area contributed by atoms with Gasteiger partial charge in [0.25, 0.3) is 5.69 Å². The average Bonchev–Trinajstić information content (AvgIpc) is 2.22. The van der Waals surface area contributed by atoms with E-state index in [2.05, 4.69) is 5.32 Å². The smallest absolute Gasteiger partial charge is 0.294 e. The van der Waals surface area contributed by atoms with Gasteiger partial charge in [0.15, 0.2) is 0 Å². The van der Waals surface area contributed by atoms with E-state index in [1.807, 2.05) is 20.8 Å². The fraction of sp³-hybridized carbons (Fsp3) is 0.455. The topological polar surface area (TPSA) is 55.2 Å². The van der Waals surface area contributed by atoms with E-state index in [4.69, 9.17) is 11.6 Å². The van der Waals surface area contributed by atoms with Gasteiger partial charge in [0, 0.05) is 17.7 Å². The lowest BCUT2D eigenvalue weighted by atomic mass is 10.0. The highest BCUT2D eigenvalue weighted by molar-refractivity contribution is 6.31. The van der Waals surface area contributed by atoms with E-state index in [1.165, 1.54) is 0 Å². The molecule has 17 heavy (non-hydrogen) atoms. The van der Waals surface area contributed by atoms with Gasteiger partial charge in [-0.05, 0) is 20.3 Å². The van der Waals surface area contributed by atoms with Crippen LogP contribution >= 0.6 is 11.6 Å². The number of hydrogen-bond donors (Lipinski definition) is 1. The largest absolute Gasteiger partial charge is 0.375 e. The predicted octanol–water partition coefficient (Wildman–Crippen LogP) is 3.99. The van der Waals surface area contributed by atoms with E-state index in [0.717, 1.165) is 18.6 Å². The summed E-state index contributed by atoms with van der Waals surface area (Å²) in [4.78, 5) is 10.3. The SMILES string of the molecule is CCC(C)(C)Nc1cc(F)c(Cl)cc1[N+](=O)[O-]. The zero-order valence-corrected chi connectivity index (χ0v) is 10.6. The van der Waals surface area contributed by atoms with Gasteiger partial charge in [-0.3, -0.25) is 10.1 Å². The summed E-state index contributed by atoms with van der Waals surface area (Å²) in [6, 6.07) is 2.07. The molecular formula is C11H14ClFN2O2. The van der Waals surface area contributed by atoms with Gasteiger partial charge < -0.3 is 5.32 Å². The molecule has 6 heteroatoms. The van der Waals surface area contributed by atoms with Crippen molar-refractivity contribution < 1.29 is 9.31 Å². The van der Waals surface area contributed by atoms with Crippen LogP contribution in [0.25, 0.3) is 0 Å². The number of nitrogens with one attached hydrogen (secondary N) is 1. The standard InChI is InChI=1S/C11H14ClFN2O2/c1-4-11(2,3)14-9-6-8(13)7(12)5-10(9)15(16)17/h5-6,14H,4H2,1-3H3. The number of halogens is 2. The van der Waals surface area contributed by atoms with Crippen molar-refractivity contribution in [3.8, 4) is 0 Å². The Balaban J connectivity index is 3.22. The first-order valence-electron chi connectivity index (χ1n) is 5.18. The molecule has 0 atom stereocenters. The van der Waals surface area contributed by atoms with Crippen LogP contribution in [0.15, 0.2) is 12.1 Å². The number of nitro benzene ring substituents is 1. The molecule has 0 aliphatic heterocycles. The fourth-order valence-corrected chi connectivity index (χ4v) is 1.40. The summed E-state index contributed by atoms with van der Waals surface area (Å²) < 4.78 is 13.3. The van der Waals surface area contributed by atoms with E-state index in [1.54, 1.807) is 0 Å². The molecule has 0 saturated heterocycles. The summed E-state index contributed by atoms with van der Waals surface area (Å²) in [6.07, 6.45) is 0.744. The molecule has 1 rings (SSSR count). The summed E-state index contributed by atoms with van der Waals surface area (Å²) in [6.45, 7) is 5.69. The first-order chi connectivity index (χ1) is 7.76. The fourth-order valence-electron chi connectivity index (χ4n) is 1.24. The Hall–Kier alpha value is -1.36. The second-order valence-electron chi connectivity index (χ2n) is 4.40. The third-order valence-corrected chi connectivity index (χ3v) is 2.88. The molecule has 0 unspecified atom stereocenters. The van der Waals surface area contributed by atoms with Crippen molar-refractivity contribution in [2.75, 3.05) is 5.32 Å². The maximum absolute atomic E-state index is 13.3. The zero-order chi connectivity index (χ0) is 13.2. The Morgan fingerprint density at radius 3 is 2.59 bits per heavy atom. The van der Waals surface area contributed by atoms with Crippen LogP contribution in [0.3, 0.4) is 0 Å². The van der Waals surface area contributed by atoms with E-state index < -0.39 is 10.7 Å². The Labute approximate surface area is 104 Å². The number of nitro groups is 1. The summed E-state index contributed by atoms with van der Waals surface area (Å²) in [5.74, 6) is -0.674. The highest BCUT2D eigenvalue weighted by Gasteiger charge is 2.23. The van der Waals surface area contributed by atoms with Crippen molar-refractivity contribution in [2.45, 2.75) is 32.7 Å². The van der Waals surface area contributed by atoms with Crippen LogP contribution in [0.2, 0.25) is 5.02 Å². The van der Waals surface area contributed by atoms with Crippen LogP contribution in [0.4, 0.5) is 15.8 Å². The molecule has 0 spiro atoms. The Morgan fingerprint density at radius 2 is 2.12 bits per heavy atom. The number of anilines is 1. The molecule has 94 valence electrons. The molecule has 0 amide bonds. The number of rotatable bonds is 4. The third-order valence-electron chi connectivity index (χ3n) is 2.59. The van der Waals surface area contributed by atoms with Gasteiger partial charge in [-0.1, -0.05) is 18.5 Å². The van der Waals surface area contributed by atoms with Crippen LogP contribution < -0.4 is 5.32 Å². The van der Waals surface area contributed by atoms with Gasteiger partial charge in [0.2, 0.25) is 0 Å². The lowest BCUT2D eigenvalue weighted by Crippen LogP contribution is -2.30. The van der Waals surface area contributed by atoms with Crippen molar-refractivity contribution in [3.63, 3.8) is 0 Å². The number of benzene rings is 1. The molecule has 1 aromatic carbocycles. The summed E-state index contributed by atoms with van der Waals surface area (Å²) in [7, 11) is 0. The molecule has 4 nitrogen and oxygen atoms in total. The Morgan fingerprint density at radius 1 is 1.53 bits per heavy atom. The maximum atomic E-state index is 13.3. The monoisotopic (exact) mass is 260 g/mol. The molecule has 0 aliphatic carbocycles. The van der Waals surface area contributed by atoms with Crippen LogP contribution in [0.5, 0.6) is 0 Å². The van der Waals surface area contributed by atoms with Gasteiger partial charge in [0.1, 0.15) is 11.5 Å². The normalized spacial score (nSPS) is 11.4. The van der Waals surface area contributed by atoms with Crippen molar-refractivity contribution in [1.82, 2.24) is 0 Å². The quantitative estimate of drug-likeness (QED) is 0.658. The Kier molecular flexibility index (Phi) is 3.93. The van der Waals surface area contributed by atoms with Crippen molar-refractivity contribution in [1.29, 1.82) is 0 Å². The first kappa shape index (κ1) is 13.7. The van der Waals surface area contributed by atoms with Crippen molar-refractivity contribution >= 4 is 23.0 Å². The third kappa shape index (κ3) is 3.30. The number of hydrogen-bond acceptors (Lipinski definition) is 3. The highest BCUT2D eigenvalue weighted by Crippen LogP contribution is 2.32. The van der Waals surface area contributed by atoms with Gasteiger partial charge >= 0.3 is 0 Å². The Bertz CT molecular complexity index is 449. The highest BCUT2D eigenvalue weighted by atomic mass is 35.5. The molecular weight excluding hydrogens is 247 g/mol. The van der Waals surface area contributed by atoms with Crippen LogP contribution in [0, 0.1) is 15.9 Å². The molecule has 0 heterocycles. The van der Waals surface area contributed by atoms with E-state index >= 15 is 0 Å². The second kappa shape index (κ2) is 4.87. The van der Waals surface area contributed by atoms with Crippen molar-refractivity contribution in [2.24, 2.45) is 0 Å². The molecule has 0 saturated carbocycles. The summed E-state index contributed by atoms with van der Waals surface area (Å²) in [5.41, 5.74) is -0.438. The molecule has 0 radical (unpaired) electrons. The molecule has 0 fully saturated rings. The number of nitrogens with zero attached hydrogens (tertiary/aromatic N) is 1. The zero-order valence-electron chi connectivity index (χ0n) is 9.88. The van der Waals surface area contributed by atoms with Crippen LogP contribution in [-0.2, 0) is 0 Å². The van der Waals surface area contributed by atoms with Gasteiger partial charge in [-0.15, -0.1) is 0 Å². The molecule has 1 aromatic rings. The molecule has 1 N–H and O–H groups in total. The average molecular weight is 261 g/mol. The molecule has 0 aromatic heterocycles. The summed E-state index contributed by atoms with van der Waals surface area (Å²) >= 11 is 5.53. The molecule has 0 bridgehead atoms. The van der Waals surface area contributed by atoms with E-state index in [9.17, 15) is 14.5 Å². The maximum Gasteiger partial charge on any atom is 0.294 e. The van der Waals surface area contributed by atoms with Crippen LogP contribution in [-0.4, -0.2) is 10.5 Å². The first-order valence-corrected chi connectivity index (χ1v) is 5.56. The lowest BCUT2D eigenvalue weighted by molar-refractivity contribution is -0.384. The second-order valence-corrected chi connectivity index (χ2v) is 4.81. The minimum atomic E-state index is -0.674. The lowest BCUT2D eigenvalue weighted by Gasteiger charge is -2.25. The van der Waals surface area contributed by atoms with Gasteiger partial charge in [0.05, 0.1) is 9.95 Å². The minimum Gasteiger partial charge on any atom is -0.375 e. The summed E-state index contributed by atoms with van der Waals surface area (Å²) in [5, 5.41) is 13.5. The van der Waals surface area contributed by atoms with Crippen LogP contribution in [0.1, 0.15) is 27.2 Å². The van der Waals surface area contributed by atoms with Gasteiger partial charge in [-0.25, -0.2) is 4.39 Å².